The Bertz CT molecular complexity index is 138. The number of hydrogen-bond donors (Lipinski definition) is 1. The first-order valence-corrected chi connectivity index (χ1v) is 5.61. The van der Waals surface area contributed by atoms with Crippen LogP contribution in [0.5, 0.6) is 0 Å². The fourth-order valence-electron chi connectivity index (χ4n) is 2.98. The van der Waals surface area contributed by atoms with E-state index in [1.807, 2.05) is 0 Å². The van der Waals surface area contributed by atoms with Gasteiger partial charge in [-0.2, -0.15) is 0 Å². The lowest BCUT2D eigenvalue weighted by Crippen LogP contribution is -2.35. The second-order valence-corrected chi connectivity index (χ2v) is 4.64. The summed E-state index contributed by atoms with van der Waals surface area (Å²) in [6.07, 6.45) is 8.83. The maximum Gasteiger partial charge on any atom is 0.0121 e. The molecular weight excluding hydrogens is 146 g/mol. The minimum Gasteiger partial charge on any atom is -0.313 e. The Kier molecular flexibility index (Phi) is 2.69. The highest BCUT2D eigenvalue weighted by Gasteiger charge is 2.30. The van der Waals surface area contributed by atoms with Gasteiger partial charge in [-0.25, -0.2) is 0 Å². The van der Waals surface area contributed by atoms with Crippen molar-refractivity contribution in [2.75, 3.05) is 6.54 Å². The molecule has 2 rings (SSSR count). The van der Waals surface area contributed by atoms with Crippen LogP contribution in [0.2, 0.25) is 0 Å². The second kappa shape index (κ2) is 3.78. The number of rotatable bonds is 1. The molecule has 1 saturated heterocycles. The van der Waals surface area contributed by atoms with Crippen LogP contribution in [0, 0.1) is 11.8 Å². The lowest BCUT2D eigenvalue weighted by molar-refractivity contribution is 0.254. The predicted octanol–water partition coefficient (Wildman–Crippen LogP) is 2.56. The SMILES string of the molecule is CC1CCNC1C1CCCCC1. The molecule has 1 aliphatic heterocycles. The molecule has 0 spiro atoms. The van der Waals surface area contributed by atoms with E-state index in [2.05, 4.69) is 12.2 Å². The summed E-state index contributed by atoms with van der Waals surface area (Å²) in [5.41, 5.74) is 0. The standard InChI is InChI=1S/C11H21N/c1-9-7-8-12-11(9)10-5-3-2-4-6-10/h9-12H,2-8H2,1H3. The van der Waals surface area contributed by atoms with Gasteiger partial charge in [0.15, 0.2) is 0 Å². The summed E-state index contributed by atoms with van der Waals surface area (Å²) >= 11 is 0. The number of hydrogen-bond acceptors (Lipinski definition) is 1. The topological polar surface area (TPSA) is 12.0 Å². The van der Waals surface area contributed by atoms with E-state index >= 15 is 0 Å². The average Bonchev–Trinajstić information content (AvgIpc) is 2.53. The lowest BCUT2D eigenvalue weighted by atomic mass is 9.80. The van der Waals surface area contributed by atoms with Crippen LogP contribution in [-0.4, -0.2) is 12.6 Å². The van der Waals surface area contributed by atoms with E-state index in [4.69, 9.17) is 0 Å². The van der Waals surface area contributed by atoms with Crippen molar-refractivity contribution in [3.63, 3.8) is 0 Å². The molecule has 1 saturated carbocycles. The molecule has 1 nitrogen and oxygen atoms in total. The second-order valence-electron chi connectivity index (χ2n) is 4.64. The Hall–Kier alpha value is -0.0400. The van der Waals surface area contributed by atoms with Gasteiger partial charge in [0.2, 0.25) is 0 Å². The highest BCUT2D eigenvalue weighted by atomic mass is 15.0. The molecule has 0 aromatic rings. The molecule has 1 N–H and O–H groups in total. The molecule has 1 aliphatic carbocycles. The summed E-state index contributed by atoms with van der Waals surface area (Å²) in [6.45, 7) is 3.68. The first-order valence-electron chi connectivity index (χ1n) is 5.61. The van der Waals surface area contributed by atoms with Crippen molar-refractivity contribution in [3.8, 4) is 0 Å². The summed E-state index contributed by atoms with van der Waals surface area (Å²) < 4.78 is 0. The zero-order valence-electron chi connectivity index (χ0n) is 8.18. The summed E-state index contributed by atoms with van der Waals surface area (Å²) in [5, 5.41) is 3.68. The molecule has 0 aromatic carbocycles. The van der Waals surface area contributed by atoms with Crippen molar-refractivity contribution in [2.24, 2.45) is 11.8 Å². The molecule has 0 amide bonds. The van der Waals surface area contributed by atoms with Crippen LogP contribution >= 0.6 is 0 Å². The Morgan fingerprint density at radius 2 is 1.75 bits per heavy atom. The van der Waals surface area contributed by atoms with Gasteiger partial charge in [0.1, 0.15) is 0 Å². The van der Waals surface area contributed by atoms with E-state index in [0.717, 1.165) is 17.9 Å². The van der Waals surface area contributed by atoms with E-state index in [9.17, 15) is 0 Å². The van der Waals surface area contributed by atoms with Crippen LogP contribution in [0.4, 0.5) is 0 Å². The third-order valence-electron chi connectivity index (χ3n) is 3.75. The largest absolute Gasteiger partial charge is 0.313 e. The normalized spacial score (nSPS) is 38.8. The summed E-state index contributed by atoms with van der Waals surface area (Å²) in [5.74, 6) is 1.95. The molecule has 2 aliphatic rings. The van der Waals surface area contributed by atoms with Crippen molar-refractivity contribution < 1.29 is 0 Å². The molecule has 2 fully saturated rings. The quantitative estimate of drug-likeness (QED) is 0.633. The predicted molar refractivity (Wildman–Crippen MR) is 52.1 cm³/mol. The molecule has 12 heavy (non-hydrogen) atoms. The molecule has 2 unspecified atom stereocenters. The Morgan fingerprint density at radius 1 is 1.00 bits per heavy atom. The van der Waals surface area contributed by atoms with Crippen molar-refractivity contribution >= 4 is 0 Å². The van der Waals surface area contributed by atoms with Crippen LogP contribution in [0.3, 0.4) is 0 Å². The third-order valence-corrected chi connectivity index (χ3v) is 3.75. The molecule has 1 heteroatoms. The monoisotopic (exact) mass is 167 g/mol. The minimum absolute atomic E-state index is 0.866. The van der Waals surface area contributed by atoms with E-state index in [-0.39, 0.29) is 0 Å². The minimum atomic E-state index is 0.866. The van der Waals surface area contributed by atoms with Gasteiger partial charge in [-0.15, -0.1) is 0 Å². The number of nitrogens with one attached hydrogen (secondary N) is 1. The zero-order chi connectivity index (χ0) is 8.39. The van der Waals surface area contributed by atoms with Crippen LogP contribution in [-0.2, 0) is 0 Å². The fraction of sp³-hybridized carbons (Fsp3) is 1.00. The van der Waals surface area contributed by atoms with E-state index in [1.54, 1.807) is 0 Å². The molecule has 2 atom stereocenters. The van der Waals surface area contributed by atoms with Gasteiger partial charge in [0.05, 0.1) is 0 Å². The zero-order valence-corrected chi connectivity index (χ0v) is 8.18. The Labute approximate surface area is 75.9 Å². The van der Waals surface area contributed by atoms with Crippen molar-refractivity contribution in [1.29, 1.82) is 0 Å². The molecule has 1 heterocycles. The highest BCUT2D eigenvalue weighted by Crippen LogP contribution is 2.32. The van der Waals surface area contributed by atoms with Crippen molar-refractivity contribution in [1.82, 2.24) is 5.32 Å². The maximum absolute atomic E-state index is 3.68. The fourth-order valence-corrected chi connectivity index (χ4v) is 2.98. The smallest absolute Gasteiger partial charge is 0.0121 e. The van der Waals surface area contributed by atoms with Gasteiger partial charge in [-0.05, 0) is 37.6 Å². The first kappa shape index (κ1) is 8.55. The molecule has 0 bridgehead atoms. The van der Waals surface area contributed by atoms with E-state index in [0.29, 0.717) is 0 Å². The van der Waals surface area contributed by atoms with E-state index < -0.39 is 0 Å². The summed E-state index contributed by atoms with van der Waals surface area (Å²) in [7, 11) is 0. The van der Waals surface area contributed by atoms with Gasteiger partial charge in [0, 0.05) is 6.04 Å². The average molecular weight is 167 g/mol. The van der Waals surface area contributed by atoms with Crippen molar-refractivity contribution in [2.45, 2.75) is 51.5 Å². The van der Waals surface area contributed by atoms with Crippen LogP contribution in [0.25, 0.3) is 0 Å². The van der Waals surface area contributed by atoms with Gasteiger partial charge >= 0.3 is 0 Å². The van der Waals surface area contributed by atoms with Gasteiger partial charge in [-0.1, -0.05) is 26.2 Å². The first-order chi connectivity index (χ1) is 5.88. The Balaban J connectivity index is 1.89. The maximum atomic E-state index is 3.68. The summed E-state index contributed by atoms with van der Waals surface area (Å²) in [4.78, 5) is 0. The van der Waals surface area contributed by atoms with Crippen LogP contribution in [0.1, 0.15) is 45.4 Å². The summed E-state index contributed by atoms with van der Waals surface area (Å²) in [6, 6.07) is 0.866. The van der Waals surface area contributed by atoms with E-state index in [1.165, 1.54) is 45.1 Å². The Morgan fingerprint density at radius 3 is 2.33 bits per heavy atom. The molecule has 0 aromatic heterocycles. The van der Waals surface area contributed by atoms with Gasteiger partial charge < -0.3 is 5.32 Å². The van der Waals surface area contributed by atoms with Gasteiger partial charge in [0.25, 0.3) is 0 Å². The molecule has 70 valence electrons. The van der Waals surface area contributed by atoms with Gasteiger partial charge in [-0.3, -0.25) is 0 Å². The van der Waals surface area contributed by atoms with Crippen LogP contribution in [0.15, 0.2) is 0 Å². The molecular formula is C11H21N. The third kappa shape index (κ3) is 1.66. The highest BCUT2D eigenvalue weighted by molar-refractivity contribution is 4.87. The van der Waals surface area contributed by atoms with Crippen LogP contribution < -0.4 is 5.32 Å². The lowest BCUT2D eigenvalue weighted by Gasteiger charge is -2.30. The van der Waals surface area contributed by atoms with Crippen molar-refractivity contribution in [3.05, 3.63) is 0 Å². The molecule has 0 radical (unpaired) electrons.